The van der Waals surface area contributed by atoms with Crippen LogP contribution in [-0.4, -0.2) is 81.2 Å². The third-order valence-corrected chi connectivity index (χ3v) is 13.1. The largest absolute Gasteiger partial charge is 0.396 e. The van der Waals surface area contributed by atoms with Crippen LogP contribution in [0.2, 0.25) is 0 Å². The van der Waals surface area contributed by atoms with E-state index in [9.17, 15) is 30.3 Å². The van der Waals surface area contributed by atoms with Gasteiger partial charge in [-0.1, -0.05) is 238 Å². The summed E-state index contributed by atoms with van der Waals surface area (Å²) in [6.07, 6.45) is 45.5. The molecule has 0 unspecified atom stereocenters. The van der Waals surface area contributed by atoms with Crippen molar-refractivity contribution < 1.29 is 35.1 Å². The smallest absolute Gasteiger partial charge is 0.220 e. The first-order valence-electron chi connectivity index (χ1n) is 26.3. The molecule has 0 radical (unpaired) electrons. The molecule has 1 saturated carbocycles. The fourth-order valence-electron chi connectivity index (χ4n) is 8.90. The second-order valence-corrected chi connectivity index (χ2v) is 18.8. The zero-order valence-corrected chi connectivity index (χ0v) is 39.5. The Labute approximate surface area is 370 Å². The van der Waals surface area contributed by atoms with E-state index in [0.717, 1.165) is 32.1 Å². The van der Waals surface area contributed by atoms with Crippen LogP contribution >= 0.6 is 0 Å². The second kappa shape index (κ2) is 42.0. The first-order chi connectivity index (χ1) is 29.3. The predicted octanol–water partition coefficient (Wildman–Crippen LogP) is 12.3. The molecular formula is C52H101NO7. The molecule has 356 valence electrons. The molecule has 7 atom stereocenters. The standard InChI is InChI=1S/C52H101NO7/c1-3-5-7-9-11-13-15-17-18-19-20-21-22-23-24-25-26-27-29-31-33-35-37-39-41-49(56)53-46(44-60-48-42-45(43-54)50(57)52(59)51(48)58)47(55)40-38-36-34-32-30-28-16-14-12-10-8-6-4-2/h38,40,45-48,50-52,54-55,57-59H,3-37,39,41-44H2,1-2H3,(H,53,56)/b40-38+/t45-,46+,47-,48+,50+,51+,52+/m1/s1. The lowest BCUT2D eigenvalue weighted by molar-refractivity contribution is -0.180. The molecule has 1 aliphatic rings. The highest BCUT2D eigenvalue weighted by Crippen LogP contribution is 2.28. The van der Waals surface area contributed by atoms with Crippen LogP contribution in [0.4, 0.5) is 0 Å². The molecule has 0 saturated heterocycles. The number of nitrogens with one attached hydrogen (secondary N) is 1. The molecule has 8 heteroatoms. The van der Waals surface area contributed by atoms with E-state index in [0.29, 0.717) is 6.42 Å². The fraction of sp³-hybridized carbons (Fsp3) is 0.942. The molecule has 8 nitrogen and oxygen atoms in total. The predicted molar refractivity (Wildman–Crippen MR) is 252 cm³/mol. The van der Waals surface area contributed by atoms with E-state index >= 15 is 0 Å². The minimum absolute atomic E-state index is 0.0577. The average molecular weight is 852 g/mol. The lowest BCUT2D eigenvalue weighted by Crippen LogP contribution is -2.56. The van der Waals surface area contributed by atoms with Gasteiger partial charge in [-0.05, 0) is 25.7 Å². The van der Waals surface area contributed by atoms with Crippen LogP contribution in [-0.2, 0) is 9.53 Å². The molecule has 60 heavy (non-hydrogen) atoms. The lowest BCUT2D eigenvalue weighted by Gasteiger charge is -2.40. The number of ether oxygens (including phenoxy) is 1. The maximum Gasteiger partial charge on any atom is 0.220 e. The number of rotatable bonds is 44. The van der Waals surface area contributed by atoms with E-state index in [1.54, 1.807) is 6.08 Å². The minimum Gasteiger partial charge on any atom is -0.396 e. The average Bonchev–Trinajstić information content (AvgIpc) is 3.25. The number of hydrogen-bond acceptors (Lipinski definition) is 7. The number of unbranched alkanes of at least 4 members (excludes halogenated alkanes) is 34. The van der Waals surface area contributed by atoms with Crippen LogP contribution in [0.5, 0.6) is 0 Å². The molecular weight excluding hydrogens is 751 g/mol. The van der Waals surface area contributed by atoms with Crippen LogP contribution in [0.25, 0.3) is 0 Å². The van der Waals surface area contributed by atoms with E-state index in [2.05, 4.69) is 19.2 Å². The summed E-state index contributed by atoms with van der Waals surface area (Å²) in [4.78, 5) is 13.0. The van der Waals surface area contributed by atoms with Crippen LogP contribution in [0.1, 0.15) is 258 Å². The Morgan fingerprint density at radius 2 is 0.917 bits per heavy atom. The summed E-state index contributed by atoms with van der Waals surface area (Å²) in [6, 6.07) is -0.718. The van der Waals surface area contributed by atoms with Gasteiger partial charge in [0.2, 0.25) is 5.91 Å². The number of aliphatic hydroxyl groups excluding tert-OH is 5. The highest BCUT2D eigenvalue weighted by molar-refractivity contribution is 5.76. The maximum absolute atomic E-state index is 13.0. The Balaban J connectivity index is 2.22. The van der Waals surface area contributed by atoms with Crippen molar-refractivity contribution in [3.8, 4) is 0 Å². The van der Waals surface area contributed by atoms with Crippen molar-refractivity contribution in [1.29, 1.82) is 0 Å². The van der Waals surface area contributed by atoms with Gasteiger partial charge in [-0.15, -0.1) is 0 Å². The first kappa shape index (κ1) is 57.0. The summed E-state index contributed by atoms with van der Waals surface area (Å²) in [7, 11) is 0. The van der Waals surface area contributed by atoms with E-state index in [4.69, 9.17) is 4.74 Å². The van der Waals surface area contributed by atoms with Crippen molar-refractivity contribution in [1.82, 2.24) is 5.32 Å². The molecule has 1 amide bonds. The zero-order valence-electron chi connectivity index (χ0n) is 39.5. The summed E-state index contributed by atoms with van der Waals surface area (Å²) in [5.74, 6) is -0.756. The number of carbonyl (C=O) groups excluding carboxylic acids is 1. The Kier molecular flexibility index (Phi) is 39.8. The van der Waals surface area contributed by atoms with Gasteiger partial charge in [-0.2, -0.15) is 0 Å². The molecule has 1 fully saturated rings. The van der Waals surface area contributed by atoms with Gasteiger partial charge in [0, 0.05) is 18.9 Å². The lowest BCUT2D eigenvalue weighted by atomic mass is 9.81. The van der Waals surface area contributed by atoms with E-state index in [-0.39, 0.29) is 25.5 Å². The summed E-state index contributed by atoms with van der Waals surface area (Å²) in [5.41, 5.74) is 0. The number of allylic oxidation sites excluding steroid dienone is 1. The first-order valence-corrected chi connectivity index (χ1v) is 26.3. The maximum atomic E-state index is 13.0. The Hall–Kier alpha value is -1.03. The summed E-state index contributed by atoms with van der Waals surface area (Å²) >= 11 is 0. The zero-order chi connectivity index (χ0) is 43.7. The molecule has 0 heterocycles. The van der Waals surface area contributed by atoms with Gasteiger partial charge in [-0.3, -0.25) is 4.79 Å². The van der Waals surface area contributed by atoms with Crippen molar-refractivity contribution in [2.75, 3.05) is 13.2 Å². The third-order valence-electron chi connectivity index (χ3n) is 13.1. The Bertz CT molecular complexity index is 947. The van der Waals surface area contributed by atoms with Gasteiger partial charge in [0.15, 0.2) is 0 Å². The molecule has 6 N–H and O–H groups in total. The highest BCUT2D eigenvalue weighted by Gasteiger charge is 2.43. The molecule has 0 aromatic carbocycles. The Morgan fingerprint density at radius 3 is 1.30 bits per heavy atom. The normalized spacial score (nSPS) is 20.6. The summed E-state index contributed by atoms with van der Waals surface area (Å²) < 4.78 is 5.97. The van der Waals surface area contributed by atoms with Crippen molar-refractivity contribution in [2.24, 2.45) is 5.92 Å². The SMILES string of the molecule is CCCCCCCCCCCCC/C=C/[C@@H](O)[C@H](CO[C@H]1C[C@H](CO)[C@H](O)[C@H](O)[C@H]1O)NC(=O)CCCCCCCCCCCCCCCCCCCCCCCCCC. The third kappa shape index (κ3) is 31.8. The van der Waals surface area contributed by atoms with Gasteiger partial charge in [-0.25, -0.2) is 0 Å². The fourth-order valence-corrected chi connectivity index (χ4v) is 8.90. The quantitative estimate of drug-likeness (QED) is 0.0265. The second-order valence-electron chi connectivity index (χ2n) is 18.8. The minimum atomic E-state index is -1.44. The molecule has 1 aliphatic carbocycles. The van der Waals surface area contributed by atoms with Crippen molar-refractivity contribution in [2.45, 2.75) is 294 Å². The van der Waals surface area contributed by atoms with Crippen molar-refractivity contribution >= 4 is 5.91 Å². The molecule has 0 aromatic heterocycles. The molecule has 1 rings (SSSR count). The van der Waals surface area contributed by atoms with Crippen LogP contribution in [0, 0.1) is 5.92 Å². The summed E-state index contributed by atoms with van der Waals surface area (Å²) in [6.45, 7) is 4.15. The van der Waals surface area contributed by atoms with Crippen LogP contribution < -0.4 is 5.32 Å². The molecule has 0 aliphatic heterocycles. The topological polar surface area (TPSA) is 139 Å². The molecule has 0 spiro atoms. The van der Waals surface area contributed by atoms with E-state index < -0.39 is 42.5 Å². The Morgan fingerprint density at radius 1 is 0.550 bits per heavy atom. The van der Waals surface area contributed by atoms with E-state index in [1.807, 2.05) is 6.08 Å². The van der Waals surface area contributed by atoms with Crippen LogP contribution in [0.3, 0.4) is 0 Å². The number of amides is 1. The molecule has 0 bridgehead atoms. The van der Waals surface area contributed by atoms with Gasteiger partial charge in [0.05, 0.1) is 31.0 Å². The van der Waals surface area contributed by atoms with Gasteiger partial charge in [0.1, 0.15) is 12.2 Å². The summed E-state index contributed by atoms with van der Waals surface area (Å²) in [5, 5.41) is 54.8. The number of carbonyl (C=O) groups is 1. The number of aliphatic hydroxyl groups is 5. The van der Waals surface area contributed by atoms with Gasteiger partial charge in [0.25, 0.3) is 0 Å². The monoisotopic (exact) mass is 852 g/mol. The highest BCUT2D eigenvalue weighted by atomic mass is 16.5. The molecule has 0 aromatic rings. The van der Waals surface area contributed by atoms with Crippen molar-refractivity contribution in [3.63, 3.8) is 0 Å². The van der Waals surface area contributed by atoms with E-state index in [1.165, 1.54) is 199 Å². The number of hydrogen-bond donors (Lipinski definition) is 6. The van der Waals surface area contributed by atoms with Gasteiger partial charge < -0.3 is 35.6 Å². The van der Waals surface area contributed by atoms with Gasteiger partial charge >= 0.3 is 0 Å². The van der Waals surface area contributed by atoms with Crippen LogP contribution in [0.15, 0.2) is 12.2 Å². The van der Waals surface area contributed by atoms with Crippen molar-refractivity contribution in [3.05, 3.63) is 12.2 Å².